The number of carbonyl (C=O) groups excluding carboxylic acids is 1. The van der Waals surface area contributed by atoms with Crippen molar-refractivity contribution >= 4 is 11.8 Å². The zero-order valence-corrected chi connectivity index (χ0v) is 12.4. The molecule has 0 unspecified atom stereocenters. The summed E-state index contributed by atoms with van der Waals surface area (Å²) >= 11 is 0. The first-order valence-corrected chi connectivity index (χ1v) is 6.40. The maximum Gasteiger partial charge on any atom is 0.376 e. The molecular weight excluding hydrogens is 242 g/mol. The summed E-state index contributed by atoms with van der Waals surface area (Å²) in [7, 11) is 1.33. The van der Waals surface area contributed by atoms with E-state index in [0.29, 0.717) is 11.9 Å². The summed E-state index contributed by atoms with van der Waals surface area (Å²) in [6, 6.07) is 2.18. The molecule has 5 nitrogen and oxygen atoms in total. The minimum atomic E-state index is -0.513. The van der Waals surface area contributed by atoms with Crippen molar-refractivity contribution in [1.29, 1.82) is 0 Å². The highest BCUT2D eigenvalue weighted by molar-refractivity contribution is 5.85. The monoisotopic (exact) mass is 263 g/mol. The Labute approximate surface area is 113 Å². The number of ether oxygens (including phenoxy) is 1. The lowest BCUT2D eigenvalue weighted by molar-refractivity contribution is 0.0586. The Kier molecular flexibility index (Phi) is 3.03. The van der Waals surface area contributed by atoms with Crippen molar-refractivity contribution < 1.29 is 9.53 Å². The number of hydrogen-bond donors (Lipinski definition) is 1. The molecule has 1 heterocycles. The van der Waals surface area contributed by atoms with Crippen LogP contribution in [0.5, 0.6) is 0 Å². The van der Waals surface area contributed by atoms with Gasteiger partial charge in [-0.05, 0) is 17.8 Å². The fraction of sp³-hybridized carbons (Fsp3) is 0.643. The number of nitrogens with one attached hydrogen (secondary N) is 1. The van der Waals surface area contributed by atoms with Crippen LogP contribution in [0.25, 0.3) is 0 Å². The standard InChI is InChI=1S/C14H21N3O2/c1-8-7-9(16-10(15-8)11(18)19-6)17-12-13(2,3)14(12,4)5/h7,12H,1-6H3,(H,15,16,17). The molecule has 0 spiro atoms. The highest BCUT2D eigenvalue weighted by Gasteiger charge is 2.65. The van der Waals surface area contributed by atoms with Crippen LogP contribution in [0.1, 0.15) is 44.0 Å². The second kappa shape index (κ2) is 4.18. The van der Waals surface area contributed by atoms with Crippen molar-refractivity contribution in [1.82, 2.24) is 9.97 Å². The van der Waals surface area contributed by atoms with Crippen molar-refractivity contribution in [2.24, 2.45) is 10.8 Å². The van der Waals surface area contributed by atoms with Crippen LogP contribution >= 0.6 is 0 Å². The van der Waals surface area contributed by atoms with Gasteiger partial charge in [0.25, 0.3) is 0 Å². The van der Waals surface area contributed by atoms with E-state index in [1.807, 2.05) is 13.0 Å². The fourth-order valence-electron chi connectivity index (χ4n) is 2.53. The van der Waals surface area contributed by atoms with Crippen molar-refractivity contribution in [2.45, 2.75) is 40.7 Å². The van der Waals surface area contributed by atoms with Crippen LogP contribution in [0.15, 0.2) is 6.07 Å². The summed E-state index contributed by atoms with van der Waals surface area (Å²) in [5.41, 5.74) is 1.16. The number of hydrogen-bond acceptors (Lipinski definition) is 5. The van der Waals surface area contributed by atoms with Crippen molar-refractivity contribution in [3.63, 3.8) is 0 Å². The largest absolute Gasteiger partial charge is 0.463 e. The Balaban J connectivity index is 2.23. The summed E-state index contributed by atoms with van der Waals surface area (Å²) in [6.07, 6.45) is 0. The third-order valence-electron chi connectivity index (χ3n) is 4.54. The molecule has 104 valence electrons. The number of aromatic nitrogens is 2. The van der Waals surface area contributed by atoms with Gasteiger partial charge in [-0.25, -0.2) is 14.8 Å². The quantitative estimate of drug-likeness (QED) is 0.848. The predicted octanol–water partition coefficient (Wildman–Crippen LogP) is 2.42. The second-order valence-corrected chi connectivity index (χ2v) is 6.23. The van der Waals surface area contributed by atoms with Crippen LogP contribution in [-0.2, 0) is 4.74 Å². The molecule has 0 aliphatic heterocycles. The van der Waals surface area contributed by atoms with Gasteiger partial charge in [-0.3, -0.25) is 0 Å². The van der Waals surface area contributed by atoms with Gasteiger partial charge in [-0.2, -0.15) is 0 Å². The Hall–Kier alpha value is -1.65. The lowest BCUT2D eigenvalue weighted by Gasteiger charge is -2.09. The number of carbonyl (C=O) groups is 1. The number of methoxy groups -OCH3 is 1. The van der Waals surface area contributed by atoms with E-state index >= 15 is 0 Å². The topological polar surface area (TPSA) is 64.1 Å². The Morgan fingerprint density at radius 2 is 1.84 bits per heavy atom. The molecule has 1 aromatic heterocycles. The number of nitrogens with zero attached hydrogens (tertiary/aromatic N) is 2. The van der Waals surface area contributed by atoms with Gasteiger partial charge in [-0.15, -0.1) is 0 Å². The van der Waals surface area contributed by atoms with Gasteiger partial charge >= 0.3 is 5.97 Å². The smallest absolute Gasteiger partial charge is 0.376 e. The van der Waals surface area contributed by atoms with Gasteiger partial charge in [0.1, 0.15) is 5.82 Å². The average Bonchev–Trinajstić information content (AvgIpc) is 2.70. The predicted molar refractivity (Wildman–Crippen MR) is 73.1 cm³/mol. The molecule has 0 saturated heterocycles. The van der Waals surface area contributed by atoms with E-state index in [1.54, 1.807) is 0 Å². The first-order chi connectivity index (χ1) is 8.70. The van der Waals surface area contributed by atoms with Gasteiger partial charge in [0.2, 0.25) is 5.82 Å². The van der Waals surface area contributed by atoms with E-state index in [9.17, 15) is 4.79 Å². The molecule has 1 N–H and O–H groups in total. The molecular formula is C14H21N3O2. The molecule has 5 heteroatoms. The third kappa shape index (κ3) is 2.17. The fourth-order valence-corrected chi connectivity index (χ4v) is 2.53. The third-order valence-corrected chi connectivity index (χ3v) is 4.54. The summed E-state index contributed by atoms with van der Waals surface area (Å²) in [6.45, 7) is 10.7. The highest BCUT2D eigenvalue weighted by Crippen LogP contribution is 2.63. The van der Waals surface area contributed by atoms with Gasteiger partial charge in [-0.1, -0.05) is 27.7 Å². The van der Waals surface area contributed by atoms with E-state index in [1.165, 1.54) is 7.11 Å². The number of rotatable bonds is 3. The minimum absolute atomic E-state index is 0.0984. The minimum Gasteiger partial charge on any atom is -0.463 e. The van der Waals surface area contributed by atoms with E-state index in [4.69, 9.17) is 0 Å². The number of esters is 1. The summed E-state index contributed by atoms with van der Waals surface area (Å²) in [5.74, 6) is 0.263. The zero-order chi connectivity index (χ0) is 14.4. The Morgan fingerprint density at radius 3 is 2.32 bits per heavy atom. The SMILES string of the molecule is COC(=O)c1nc(C)cc(NC2C(C)(C)C2(C)C)n1. The summed E-state index contributed by atoms with van der Waals surface area (Å²) < 4.78 is 4.66. The summed E-state index contributed by atoms with van der Waals surface area (Å²) in [5, 5.41) is 3.40. The molecule has 1 aliphatic carbocycles. The Bertz CT molecular complexity index is 509. The molecule has 1 aliphatic rings. The normalized spacial score (nSPS) is 19.9. The highest BCUT2D eigenvalue weighted by atomic mass is 16.5. The van der Waals surface area contributed by atoms with Crippen LogP contribution < -0.4 is 5.32 Å². The molecule has 0 radical (unpaired) electrons. The molecule has 1 fully saturated rings. The van der Waals surface area contributed by atoms with Crippen molar-refractivity contribution in [3.05, 3.63) is 17.6 Å². The van der Waals surface area contributed by atoms with Crippen LogP contribution in [-0.4, -0.2) is 29.1 Å². The molecule has 0 amide bonds. The number of anilines is 1. The molecule has 0 atom stereocenters. The summed E-state index contributed by atoms with van der Waals surface area (Å²) in [4.78, 5) is 19.8. The van der Waals surface area contributed by atoms with Crippen LogP contribution in [0.4, 0.5) is 5.82 Å². The van der Waals surface area contributed by atoms with Crippen LogP contribution in [0, 0.1) is 17.8 Å². The van der Waals surface area contributed by atoms with Crippen molar-refractivity contribution in [3.8, 4) is 0 Å². The molecule has 1 saturated carbocycles. The maximum absolute atomic E-state index is 11.5. The average molecular weight is 263 g/mol. The second-order valence-electron chi connectivity index (χ2n) is 6.23. The van der Waals surface area contributed by atoms with Crippen molar-refractivity contribution in [2.75, 3.05) is 12.4 Å². The molecule has 2 rings (SSSR count). The first-order valence-electron chi connectivity index (χ1n) is 6.40. The van der Waals surface area contributed by atoms with Gasteiger partial charge in [0.05, 0.1) is 7.11 Å². The van der Waals surface area contributed by atoms with E-state index in [0.717, 1.165) is 5.69 Å². The molecule has 0 bridgehead atoms. The van der Waals surface area contributed by atoms with Gasteiger partial charge in [0.15, 0.2) is 0 Å². The molecule has 0 aromatic carbocycles. The van der Waals surface area contributed by atoms with Crippen LogP contribution in [0.3, 0.4) is 0 Å². The first kappa shape index (κ1) is 13.8. The van der Waals surface area contributed by atoms with Gasteiger partial charge < -0.3 is 10.1 Å². The zero-order valence-electron chi connectivity index (χ0n) is 12.4. The lowest BCUT2D eigenvalue weighted by atomic mass is 10.0. The van der Waals surface area contributed by atoms with E-state index in [2.05, 4.69) is 47.7 Å². The van der Waals surface area contributed by atoms with Gasteiger partial charge in [0, 0.05) is 17.8 Å². The van der Waals surface area contributed by atoms with E-state index in [-0.39, 0.29) is 16.7 Å². The molecule has 1 aromatic rings. The number of aryl methyl sites for hydroxylation is 1. The Morgan fingerprint density at radius 1 is 1.26 bits per heavy atom. The van der Waals surface area contributed by atoms with Crippen LogP contribution in [0.2, 0.25) is 0 Å². The van der Waals surface area contributed by atoms with E-state index < -0.39 is 5.97 Å². The molecule has 19 heavy (non-hydrogen) atoms. The maximum atomic E-state index is 11.5. The lowest BCUT2D eigenvalue weighted by Crippen LogP contribution is -2.15.